The SMILES string of the molecule is CN(C(=O)Cc1ccccc1C(=O)O)C1CCOC1. The highest BCUT2D eigenvalue weighted by atomic mass is 16.5. The van der Waals surface area contributed by atoms with Gasteiger partial charge in [-0.2, -0.15) is 0 Å². The lowest BCUT2D eigenvalue weighted by Gasteiger charge is -2.23. The number of ether oxygens (including phenoxy) is 1. The number of hydrogen-bond donors (Lipinski definition) is 1. The molecule has 0 aliphatic carbocycles. The number of amides is 1. The molecule has 1 atom stereocenters. The normalized spacial score (nSPS) is 18.3. The molecule has 1 unspecified atom stereocenters. The zero-order valence-corrected chi connectivity index (χ0v) is 10.8. The molecule has 1 aliphatic heterocycles. The van der Waals surface area contributed by atoms with Crippen LogP contribution in [0.3, 0.4) is 0 Å². The minimum absolute atomic E-state index is 0.0794. The van der Waals surface area contributed by atoms with Crippen LogP contribution in [0, 0.1) is 0 Å². The van der Waals surface area contributed by atoms with Gasteiger partial charge in [-0.25, -0.2) is 4.79 Å². The number of benzene rings is 1. The van der Waals surface area contributed by atoms with Crippen LogP contribution >= 0.6 is 0 Å². The minimum Gasteiger partial charge on any atom is -0.478 e. The molecule has 5 heteroatoms. The van der Waals surface area contributed by atoms with Crippen LogP contribution in [-0.2, 0) is 16.0 Å². The van der Waals surface area contributed by atoms with Gasteiger partial charge < -0.3 is 14.7 Å². The van der Waals surface area contributed by atoms with Crippen molar-refractivity contribution in [1.82, 2.24) is 4.90 Å². The molecule has 1 saturated heterocycles. The summed E-state index contributed by atoms with van der Waals surface area (Å²) in [6, 6.07) is 6.70. The summed E-state index contributed by atoms with van der Waals surface area (Å²) >= 11 is 0. The summed E-state index contributed by atoms with van der Waals surface area (Å²) in [5.41, 5.74) is 0.734. The van der Waals surface area contributed by atoms with Gasteiger partial charge in [-0.1, -0.05) is 18.2 Å². The first-order chi connectivity index (χ1) is 9.09. The molecular weight excluding hydrogens is 246 g/mol. The van der Waals surface area contributed by atoms with Crippen LogP contribution in [-0.4, -0.2) is 48.2 Å². The van der Waals surface area contributed by atoms with Gasteiger partial charge in [0.05, 0.1) is 24.6 Å². The number of hydrogen-bond acceptors (Lipinski definition) is 3. The molecule has 1 aliphatic rings. The molecular formula is C14H17NO4. The smallest absolute Gasteiger partial charge is 0.335 e. The van der Waals surface area contributed by atoms with E-state index in [0.717, 1.165) is 6.42 Å². The van der Waals surface area contributed by atoms with Gasteiger partial charge in [0.2, 0.25) is 5.91 Å². The number of carboxylic acid groups (broad SMARTS) is 1. The number of likely N-dealkylation sites (N-methyl/N-ethyl adjacent to an activating group) is 1. The van der Waals surface area contributed by atoms with Gasteiger partial charge in [-0.15, -0.1) is 0 Å². The Bertz CT molecular complexity index is 480. The van der Waals surface area contributed by atoms with Gasteiger partial charge >= 0.3 is 5.97 Å². The van der Waals surface area contributed by atoms with Crippen molar-refractivity contribution in [2.75, 3.05) is 20.3 Å². The maximum Gasteiger partial charge on any atom is 0.335 e. The standard InChI is InChI=1S/C14H17NO4/c1-15(11-6-7-19-9-11)13(16)8-10-4-2-3-5-12(10)14(17)18/h2-5,11H,6-9H2,1H3,(H,17,18). The lowest BCUT2D eigenvalue weighted by atomic mass is 10.0. The zero-order chi connectivity index (χ0) is 13.8. The summed E-state index contributed by atoms with van der Waals surface area (Å²) in [5, 5.41) is 9.08. The number of aromatic carboxylic acids is 1. The minimum atomic E-state index is -1.00. The van der Waals surface area contributed by atoms with E-state index in [0.29, 0.717) is 18.8 Å². The fourth-order valence-electron chi connectivity index (χ4n) is 2.20. The lowest BCUT2D eigenvalue weighted by molar-refractivity contribution is -0.131. The number of carbonyl (C=O) groups is 2. The summed E-state index contributed by atoms with van der Waals surface area (Å²) in [6.45, 7) is 1.23. The van der Waals surface area contributed by atoms with Crippen LogP contribution < -0.4 is 0 Å². The van der Waals surface area contributed by atoms with Gasteiger partial charge in [0.15, 0.2) is 0 Å². The highest BCUT2D eigenvalue weighted by Gasteiger charge is 2.24. The molecule has 0 spiro atoms. The lowest BCUT2D eigenvalue weighted by Crippen LogP contribution is -2.38. The Kier molecular flexibility index (Phi) is 4.16. The summed E-state index contributed by atoms with van der Waals surface area (Å²) in [4.78, 5) is 24.9. The second-order valence-electron chi connectivity index (χ2n) is 4.66. The Hall–Kier alpha value is -1.88. The van der Waals surface area contributed by atoms with Crippen LogP contribution in [0.1, 0.15) is 22.3 Å². The molecule has 0 radical (unpaired) electrons. The molecule has 1 amide bonds. The summed E-state index contributed by atoms with van der Waals surface area (Å²) in [6.07, 6.45) is 0.943. The van der Waals surface area contributed by atoms with Gasteiger partial charge in [-0.3, -0.25) is 4.79 Å². The van der Waals surface area contributed by atoms with E-state index >= 15 is 0 Å². The van der Waals surface area contributed by atoms with Crippen LogP contribution in [0.2, 0.25) is 0 Å². The van der Waals surface area contributed by atoms with Crippen molar-refractivity contribution in [2.45, 2.75) is 18.9 Å². The molecule has 0 saturated carbocycles. The maximum atomic E-state index is 12.2. The van der Waals surface area contributed by atoms with E-state index in [9.17, 15) is 9.59 Å². The number of nitrogens with zero attached hydrogens (tertiary/aromatic N) is 1. The molecule has 0 aromatic heterocycles. The van der Waals surface area contributed by atoms with Crippen molar-refractivity contribution in [3.63, 3.8) is 0 Å². The van der Waals surface area contributed by atoms with E-state index in [-0.39, 0.29) is 23.9 Å². The predicted octanol–water partition coefficient (Wildman–Crippen LogP) is 1.17. The fraction of sp³-hybridized carbons (Fsp3) is 0.429. The van der Waals surface area contributed by atoms with Gasteiger partial charge in [0.1, 0.15) is 0 Å². The third-order valence-corrected chi connectivity index (χ3v) is 3.44. The predicted molar refractivity (Wildman–Crippen MR) is 69.1 cm³/mol. The van der Waals surface area contributed by atoms with Crippen molar-refractivity contribution >= 4 is 11.9 Å². The maximum absolute atomic E-state index is 12.2. The average molecular weight is 263 g/mol. The van der Waals surface area contributed by atoms with Crippen molar-refractivity contribution < 1.29 is 19.4 Å². The van der Waals surface area contributed by atoms with E-state index in [1.807, 2.05) is 0 Å². The van der Waals surface area contributed by atoms with E-state index in [4.69, 9.17) is 9.84 Å². The Morgan fingerprint density at radius 2 is 2.16 bits per heavy atom. The van der Waals surface area contributed by atoms with Crippen LogP contribution in [0.5, 0.6) is 0 Å². The number of carbonyl (C=O) groups excluding carboxylic acids is 1. The second-order valence-corrected chi connectivity index (χ2v) is 4.66. The van der Waals surface area contributed by atoms with Gasteiger partial charge in [-0.05, 0) is 18.1 Å². The first-order valence-corrected chi connectivity index (χ1v) is 6.24. The molecule has 1 fully saturated rings. The molecule has 0 bridgehead atoms. The fourth-order valence-corrected chi connectivity index (χ4v) is 2.20. The number of rotatable bonds is 4. The van der Waals surface area contributed by atoms with E-state index in [2.05, 4.69) is 0 Å². The van der Waals surface area contributed by atoms with Crippen LogP contribution in [0.25, 0.3) is 0 Å². The average Bonchev–Trinajstić information content (AvgIpc) is 2.92. The topological polar surface area (TPSA) is 66.8 Å². The summed E-state index contributed by atoms with van der Waals surface area (Å²) < 4.78 is 5.25. The third kappa shape index (κ3) is 3.12. The van der Waals surface area contributed by atoms with Crippen LogP contribution in [0.15, 0.2) is 24.3 Å². The molecule has 102 valence electrons. The highest BCUT2D eigenvalue weighted by molar-refractivity contribution is 5.91. The largest absolute Gasteiger partial charge is 0.478 e. The molecule has 1 N–H and O–H groups in total. The molecule has 1 aromatic carbocycles. The molecule has 1 aromatic rings. The van der Waals surface area contributed by atoms with Gasteiger partial charge in [0, 0.05) is 13.7 Å². The highest BCUT2D eigenvalue weighted by Crippen LogP contribution is 2.15. The second kappa shape index (κ2) is 5.84. The van der Waals surface area contributed by atoms with Crippen molar-refractivity contribution in [1.29, 1.82) is 0 Å². The zero-order valence-electron chi connectivity index (χ0n) is 10.8. The number of carboxylic acids is 1. The molecule has 1 heterocycles. The van der Waals surface area contributed by atoms with Gasteiger partial charge in [0.25, 0.3) is 0 Å². The van der Waals surface area contributed by atoms with E-state index in [1.54, 1.807) is 30.1 Å². The Labute approximate surface area is 111 Å². The van der Waals surface area contributed by atoms with Crippen molar-refractivity contribution in [3.05, 3.63) is 35.4 Å². The molecule has 19 heavy (non-hydrogen) atoms. The first kappa shape index (κ1) is 13.5. The quantitative estimate of drug-likeness (QED) is 0.885. The first-order valence-electron chi connectivity index (χ1n) is 6.24. The molecule has 5 nitrogen and oxygen atoms in total. The third-order valence-electron chi connectivity index (χ3n) is 3.44. The monoisotopic (exact) mass is 263 g/mol. The van der Waals surface area contributed by atoms with E-state index in [1.165, 1.54) is 6.07 Å². The summed E-state index contributed by atoms with van der Waals surface area (Å²) in [5.74, 6) is -1.08. The van der Waals surface area contributed by atoms with E-state index < -0.39 is 5.97 Å². The Balaban J connectivity index is 2.08. The van der Waals surface area contributed by atoms with Crippen molar-refractivity contribution in [3.8, 4) is 0 Å². The van der Waals surface area contributed by atoms with Crippen molar-refractivity contribution in [2.24, 2.45) is 0 Å². The molecule has 2 rings (SSSR count). The van der Waals surface area contributed by atoms with Crippen LogP contribution in [0.4, 0.5) is 0 Å². The Morgan fingerprint density at radius 1 is 1.42 bits per heavy atom. The summed E-state index contributed by atoms with van der Waals surface area (Å²) in [7, 11) is 1.74. The Morgan fingerprint density at radius 3 is 2.79 bits per heavy atom.